The van der Waals surface area contributed by atoms with E-state index in [9.17, 15) is 22.8 Å². The Morgan fingerprint density at radius 2 is 1.80 bits per heavy atom. The fraction of sp³-hybridized carbons (Fsp3) is 0.440. The van der Waals surface area contributed by atoms with Gasteiger partial charge < -0.3 is 15.1 Å². The summed E-state index contributed by atoms with van der Waals surface area (Å²) in [6.07, 6.45) is -0.109. The van der Waals surface area contributed by atoms with Crippen LogP contribution in [0.3, 0.4) is 0 Å². The first-order valence-corrected chi connectivity index (χ1v) is 11.5. The largest absolute Gasteiger partial charge is 0.417 e. The summed E-state index contributed by atoms with van der Waals surface area (Å²) in [7, 11) is 1.58. The number of anilines is 1. The van der Waals surface area contributed by atoms with E-state index in [-0.39, 0.29) is 29.6 Å². The summed E-state index contributed by atoms with van der Waals surface area (Å²) in [6, 6.07) is 8.71. The molecule has 0 unspecified atom stereocenters. The number of piperidine rings is 1. The monoisotopic (exact) mass is 485 g/mol. The molecule has 1 N–H and O–H groups in total. The molecule has 4 rings (SSSR count). The zero-order valence-corrected chi connectivity index (χ0v) is 19.3. The van der Waals surface area contributed by atoms with E-state index >= 15 is 0 Å². The smallest absolute Gasteiger partial charge is 0.372 e. The van der Waals surface area contributed by atoms with Crippen molar-refractivity contribution in [2.45, 2.75) is 19.0 Å². The molecule has 35 heavy (non-hydrogen) atoms. The second kappa shape index (κ2) is 9.94. The number of nitrogens with one attached hydrogen (secondary N) is 1. The fourth-order valence-corrected chi connectivity index (χ4v) is 5.26. The first kappa shape index (κ1) is 24.5. The van der Waals surface area contributed by atoms with E-state index in [0.29, 0.717) is 50.3 Å². The van der Waals surface area contributed by atoms with Gasteiger partial charge in [-0.3, -0.25) is 14.6 Å². The number of pyridine rings is 1. The molecular formula is C25H26F3N5O2. The minimum Gasteiger partial charge on any atom is -0.372 e. The lowest BCUT2D eigenvalue weighted by molar-refractivity contribution is -0.137. The van der Waals surface area contributed by atoms with Crippen LogP contribution in [0.15, 0.2) is 42.7 Å². The Morgan fingerprint density at radius 3 is 2.40 bits per heavy atom. The van der Waals surface area contributed by atoms with E-state index in [2.05, 4.69) is 10.3 Å². The van der Waals surface area contributed by atoms with Crippen LogP contribution in [0.2, 0.25) is 0 Å². The van der Waals surface area contributed by atoms with Gasteiger partial charge in [0.15, 0.2) is 0 Å². The molecule has 0 saturated carbocycles. The fourth-order valence-electron chi connectivity index (χ4n) is 5.26. The maximum Gasteiger partial charge on any atom is 0.417 e. The predicted molar refractivity (Wildman–Crippen MR) is 122 cm³/mol. The van der Waals surface area contributed by atoms with E-state index in [4.69, 9.17) is 5.26 Å². The Hall–Kier alpha value is -3.61. The summed E-state index contributed by atoms with van der Waals surface area (Å²) in [5.41, 5.74) is -0.374. The molecule has 2 saturated heterocycles. The molecule has 2 amide bonds. The summed E-state index contributed by atoms with van der Waals surface area (Å²) < 4.78 is 40.1. The minimum absolute atomic E-state index is 0.0328. The maximum absolute atomic E-state index is 13.4. The van der Waals surface area contributed by atoms with Crippen molar-refractivity contribution in [1.82, 2.24) is 15.2 Å². The van der Waals surface area contributed by atoms with E-state index in [1.54, 1.807) is 48.6 Å². The number of hydrogen-bond acceptors (Lipinski definition) is 5. The van der Waals surface area contributed by atoms with Gasteiger partial charge in [0.05, 0.1) is 23.1 Å². The van der Waals surface area contributed by atoms with E-state index in [0.717, 1.165) is 6.07 Å². The number of nitrogens with zero attached hydrogens (tertiary/aromatic N) is 4. The molecule has 7 nitrogen and oxygen atoms in total. The number of benzene rings is 1. The van der Waals surface area contributed by atoms with Gasteiger partial charge in [0, 0.05) is 56.9 Å². The molecule has 1 aromatic heterocycles. The van der Waals surface area contributed by atoms with Gasteiger partial charge in [-0.25, -0.2) is 0 Å². The lowest BCUT2D eigenvalue weighted by Gasteiger charge is -2.37. The molecule has 3 heterocycles. The molecule has 2 atom stereocenters. The predicted octanol–water partition coefficient (Wildman–Crippen LogP) is 3.32. The standard InChI is InChI=1S/C25H26F3N5O2/c1-30-23(34)21-15-33(24(35)17-4-8-31-9-5-17)14-20(21)16-6-10-32(11-7-16)19-3-2-18(13-29)22(12-19)25(26,27)28/h2-5,8-9,12,16,20-21H,6-7,10-11,14-15H2,1H3,(H,30,34)/t20-,21+/m0/s1. The lowest BCUT2D eigenvalue weighted by atomic mass is 9.78. The van der Waals surface area contributed by atoms with E-state index < -0.39 is 17.3 Å². The Morgan fingerprint density at radius 1 is 1.11 bits per heavy atom. The van der Waals surface area contributed by atoms with Crippen LogP contribution < -0.4 is 10.2 Å². The highest BCUT2D eigenvalue weighted by atomic mass is 19.4. The Labute approximate surface area is 201 Å². The summed E-state index contributed by atoms with van der Waals surface area (Å²) in [6.45, 7) is 1.85. The highest BCUT2D eigenvalue weighted by Gasteiger charge is 2.44. The zero-order valence-electron chi connectivity index (χ0n) is 19.3. The van der Waals surface area contributed by atoms with Crippen molar-refractivity contribution in [1.29, 1.82) is 5.26 Å². The average Bonchev–Trinajstić information content (AvgIpc) is 3.33. The number of halogens is 3. The molecule has 0 spiro atoms. The highest BCUT2D eigenvalue weighted by molar-refractivity contribution is 5.95. The van der Waals surface area contributed by atoms with Gasteiger partial charge in [-0.15, -0.1) is 0 Å². The molecule has 2 fully saturated rings. The first-order chi connectivity index (χ1) is 16.7. The first-order valence-electron chi connectivity index (χ1n) is 11.5. The molecular weight excluding hydrogens is 459 g/mol. The molecule has 2 aliphatic rings. The Kier molecular flexibility index (Phi) is 6.96. The number of aromatic nitrogens is 1. The SMILES string of the molecule is CNC(=O)[C@@H]1CN(C(=O)c2ccncc2)C[C@H]1C1CCN(c2ccc(C#N)c(C(F)(F)F)c2)CC1. The van der Waals surface area contributed by atoms with Crippen LogP contribution in [0.1, 0.15) is 34.3 Å². The van der Waals surface area contributed by atoms with Crippen molar-refractivity contribution in [2.24, 2.45) is 17.8 Å². The van der Waals surface area contributed by atoms with Gasteiger partial charge in [-0.05, 0) is 55.0 Å². The summed E-state index contributed by atoms with van der Waals surface area (Å²) in [5, 5.41) is 11.7. The number of hydrogen-bond donors (Lipinski definition) is 1. The number of likely N-dealkylation sites (tertiary alicyclic amines) is 1. The second-order valence-electron chi connectivity index (χ2n) is 8.99. The molecule has 2 aromatic rings. The number of alkyl halides is 3. The molecule has 184 valence electrons. The van der Waals surface area contributed by atoms with Gasteiger partial charge in [-0.1, -0.05) is 0 Å². The number of amides is 2. The van der Waals surface area contributed by atoms with E-state index in [1.165, 1.54) is 6.07 Å². The van der Waals surface area contributed by atoms with E-state index in [1.807, 2.05) is 4.90 Å². The molecule has 1 aromatic carbocycles. The van der Waals surface area contributed by atoms with Crippen LogP contribution in [-0.4, -0.2) is 54.9 Å². The quantitative estimate of drug-likeness (QED) is 0.718. The van der Waals surface area contributed by atoms with Crippen LogP contribution in [-0.2, 0) is 11.0 Å². The van der Waals surface area contributed by atoms with Crippen molar-refractivity contribution in [3.8, 4) is 6.07 Å². The molecule has 2 aliphatic heterocycles. The summed E-state index contributed by atoms with van der Waals surface area (Å²) in [5.74, 6) is -0.462. The number of carbonyl (C=O) groups is 2. The van der Waals surface area contributed by atoms with Crippen LogP contribution in [0, 0.1) is 29.1 Å². The lowest BCUT2D eigenvalue weighted by Crippen LogP contribution is -2.41. The van der Waals surface area contributed by atoms with Gasteiger partial charge in [0.1, 0.15) is 0 Å². The van der Waals surface area contributed by atoms with Gasteiger partial charge in [0.25, 0.3) is 5.91 Å². The van der Waals surface area contributed by atoms with Crippen molar-refractivity contribution < 1.29 is 22.8 Å². The molecule has 0 radical (unpaired) electrons. The number of carbonyl (C=O) groups excluding carboxylic acids is 2. The maximum atomic E-state index is 13.4. The third-order valence-corrected chi connectivity index (χ3v) is 7.10. The van der Waals surface area contributed by atoms with Gasteiger partial charge in [0.2, 0.25) is 5.91 Å². The third-order valence-electron chi connectivity index (χ3n) is 7.10. The van der Waals surface area contributed by atoms with Crippen LogP contribution in [0.4, 0.5) is 18.9 Å². The zero-order chi connectivity index (χ0) is 25.2. The highest BCUT2D eigenvalue weighted by Crippen LogP contribution is 2.39. The number of nitriles is 1. The topological polar surface area (TPSA) is 89.3 Å². The average molecular weight is 486 g/mol. The van der Waals surface area contributed by atoms with Crippen molar-refractivity contribution in [3.63, 3.8) is 0 Å². The number of rotatable bonds is 4. The van der Waals surface area contributed by atoms with Crippen LogP contribution >= 0.6 is 0 Å². The Balaban J connectivity index is 1.47. The summed E-state index contributed by atoms with van der Waals surface area (Å²) in [4.78, 5) is 33.2. The third kappa shape index (κ3) is 5.09. The van der Waals surface area contributed by atoms with Crippen molar-refractivity contribution in [2.75, 3.05) is 38.1 Å². The van der Waals surface area contributed by atoms with Crippen molar-refractivity contribution in [3.05, 3.63) is 59.4 Å². The Bertz CT molecular complexity index is 1120. The second-order valence-corrected chi connectivity index (χ2v) is 8.99. The van der Waals surface area contributed by atoms with Gasteiger partial charge in [-0.2, -0.15) is 18.4 Å². The molecule has 10 heteroatoms. The molecule has 0 bridgehead atoms. The minimum atomic E-state index is -4.60. The van der Waals surface area contributed by atoms with Crippen LogP contribution in [0.25, 0.3) is 0 Å². The normalized spacial score (nSPS) is 21.0. The van der Waals surface area contributed by atoms with Gasteiger partial charge >= 0.3 is 6.18 Å². The molecule has 0 aliphatic carbocycles. The summed E-state index contributed by atoms with van der Waals surface area (Å²) >= 11 is 0. The van der Waals surface area contributed by atoms with Crippen LogP contribution in [0.5, 0.6) is 0 Å². The van der Waals surface area contributed by atoms with Crippen molar-refractivity contribution >= 4 is 17.5 Å².